The molecule has 2 fully saturated rings. The lowest BCUT2D eigenvalue weighted by Crippen LogP contribution is -2.39. The van der Waals surface area contributed by atoms with Gasteiger partial charge in [0.15, 0.2) is 5.82 Å². The minimum atomic E-state index is -4.20. The fourth-order valence-corrected chi connectivity index (χ4v) is 5.00. The number of hydrogen-bond donors (Lipinski definition) is 2. The molecule has 2 saturated heterocycles. The van der Waals surface area contributed by atoms with E-state index in [1.54, 1.807) is 12.1 Å². The van der Waals surface area contributed by atoms with Crippen LogP contribution in [0.3, 0.4) is 0 Å². The lowest BCUT2D eigenvalue weighted by atomic mass is 9.91. The quantitative estimate of drug-likeness (QED) is 0.635. The molecule has 0 bridgehead atoms. The topological polar surface area (TPSA) is 87.7 Å². The van der Waals surface area contributed by atoms with E-state index in [2.05, 4.69) is 5.32 Å². The van der Waals surface area contributed by atoms with Crippen LogP contribution >= 0.6 is 0 Å². The van der Waals surface area contributed by atoms with Crippen LogP contribution in [0.4, 0.5) is 10.1 Å². The van der Waals surface area contributed by atoms with E-state index in [1.165, 1.54) is 0 Å². The predicted octanol–water partition coefficient (Wildman–Crippen LogP) is 2.43. The zero-order valence-electron chi connectivity index (χ0n) is 16.5. The number of rotatable bonds is 5. The van der Waals surface area contributed by atoms with Crippen molar-refractivity contribution in [1.82, 2.24) is 10.0 Å². The number of halogens is 1. The fraction of sp³-hybridized carbons (Fsp3) is 0.227. The van der Waals surface area contributed by atoms with E-state index in [1.807, 2.05) is 47.2 Å². The van der Waals surface area contributed by atoms with Gasteiger partial charge in [-0.15, -0.1) is 0 Å². The molecule has 0 atom stereocenters. The maximum absolute atomic E-state index is 15.8. The molecule has 1 amide bonds. The van der Waals surface area contributed by atoms with E-state index in [-0.39, 0.29) is 18.0 Å². The zero-order valence-corrected chi connectivity index (χ0v) is 17.3. The van der Waals surface area contributed by atoms with Crippen LogP contribution in [0.5, 0.6) is 5.75 Å². The summed E-state index contributed by atoms with van der Waals surface area (Å²) in [5.41, 5.74) is 1.57. The zero-order chi connectivity index (χ0) is 21.6. The minimum Gasteiger partial charge on any atom is -0.487 e. The molecule has 2 N–H and O–H groups in total. The number of anilines is 1. The van der Waals surface area contributed by atoms with E-state index in [0.717, 1.165) is 28.5 Å². The average molecular weight is 441 g/mol. The van der Waals surface area contributed by atoms with Crippen LogP contribution < -0.4 is 19.1 Å². The van der Waals surface area contributed by atoms with Crippen LogP contribution in [-0.4, -0.2) is 34.0 Å². The van der Waals surface area contributed by atoms with Gasteiger partial charge in [-0.05, 0) is 28.6 Å². The SMILES string of the molecule is O=C1CN(c2c(OCc3ccccc3)cc3ccc(C4CNC4)cc3c2F)S(=O)(=O)N1. The van der Waals surface area contributed by atoms with E-state index in [0.29, 0.717) is 16.7 Å². The van der Waals surface area contributed by atoms with Gasteiger partial charge in [0.1, 0.15) is 24.6 Å². The third kappa shape index (κ3) is 3.60. The third-order valence-corrected chi connectivity index (χ3v) is 6.98. The molecule has 3 aromatic rings. The Morgan fingerprint density at radius 1 is 1.10 bits per heavy atom. The maximum Gasteiger partial charge on any atom is 0.326 e. The van der Waals surface area contributed by atoms with Crippen molar-refractivity contribution >= 4 is 32.6 Å². The number of benzene rings is 3. The largest absolute Gasteiger partial charge is 0.487 e. The minimum absolute atomic E-state index is 0.0620. The van der Waals surface area contributed by atoms with Crippen LogP contribution in [0.25, 0.3) is 10.8 Å². The lowest BCUT2D eigenvalue weighted by molar-refractivity contribution is -0.117. The molecule has 0 aliphatic carbocycles. The van der Waals surface area contributed by atoms with Gasteiger partial charge in [-0.1, -0.05) is 42.5 Å². The Hall–Kier alpha value is -3.17. The highest BCUT2D eigenvalue weighted by Gasteiger charge is 2.38. The highest BCUT2D eigenvalue weighted by atomic mass is 32.2. The smallest absolute Gasteiger partial charge is 0.326 e. The second-order valence-corrected chi connectivity index (χ2v) is 9.28. The fourth-order valence-electron chi connectivity index (χ4n) is 3.84. The Bertz CT molecular complexity index is 1280. The van der Waals surface area contributed by atoms with Crippen molar-refractivity contribution in [3.05, 3.63) is 71.5 Å². The first-order valence-corrected chi connectivity index (χ1v) is 11.3. The molecule has 9 heteroatoms. The standard InChI is InChI=1S/C22H20FN3O4S/c23-21-18-8-15(17-10-24-11-17)6-7-16(18)9-19(30-13-14-4-2-1-3-5-14)22(21)26-12-20(27)25-31(26,28)29/h1-9,17,24H,10-13H2,(H,25,27). The summed E-state index contributed by atoms with van der Waals surface area (Å²) in [5.74, 6) is -1.09. The summed E-state index contributed by atoms with van der Waals surface area (Å²) in [7, 11) is -4.20. The van der Waals surface area contributed by atoms with Crippen LogP contribution in [-0.2, 0) is 21.6 Å². The van der Waals surface area contributed by atoms with E-state index in [9.17, 15) is 13.2 Å². The Morgan fingerprint density at radius 2 is 1.87 bits per heavy atom. The molecule has 2 aliphatic rings. The van der Waals surface area contributed by atoms with E-state index < -0.39 is 28.5 Å². The first kappa shape index (κ1) is 19.8. The summed E-state index contributed by atoms with van der Waals surface area (Å²) in [5, 5.41) is 4.07. The number of nitrogens with one attached hydrogen (secondary N) is 2. The van der Waals surface area contributed by atoms with Gasteiger partial charge in [0.05, 0.1) is 0 Å². The molecular formula is C22H20FN3O4S. The summed E-state index contributed by atoms with van der Waals surface area (Å²) in [4.78, 5) is 11.8. The van der Waals surface area contributed by atoms with Gasteiger partial charge in [0.25, 0.3) is 5.91 Å². The van der Waals surface area contributed by atoms with Crippen molar-refractivity contribution in [2.24, 2.45) is 0 Å². The Balaban J connectivity index is 1.63. The molecule has 7 nitrogen and oxygen atoms in total. The van der Waals surface area contributed by atoms with Crippen molar-refractivity contribution in [2.45, 2.75) is 12.5 Å². The molecule has 0 aromatic heterocycles. The Labute approximate surface area is 179 Å². The van der Waals surface area contributed by atoms with Crippen molar-refractivity contribution in [2.75, 3.05) is 23.9 Å². The summed E-state index contributed by atoms with van der Waals surface area (Å²) in [6.45, 7) is 1.26. The summed E-state index contributed by atoms with van der Waals surface area (Å²) < 4.78 is 49.3. The molecule has 0 spiro atoms. The van der Waals surface area contributed by atoms with Crippen LogP contribution in [0, 0.1) is 5.82 Å². The molecule has 2 aliphatic heterocycles. The highest BCUT2D eigenvalue weighted by Crippen LogP contribution is 2.40. The van der Waals surface area contributed by atoms with Gasteiger partial charge >= 0.3 is 10.2 Å². The number of fused-ring (bicyclic) bond motifs is 1. The van der Waals surface area contributed by atoms with Gasteiger partial charge < -0.3 is 10.1 Å². The van der Waals surface area contributed by atoms with Gasteiger partial charge in [0.2, 0.25) is 0 Å². The Morgan fingerprint density at radius 3 is 2.52 bits per heavy atom. The molecule has 5 rings (SSSR count). The molecule has 160 valence electrons. The number of ether oxygens (including phenoxy) is 1. The van der Waals surface area contributed by atoms with Crippen molar-refractivity contribution < 1.29 is 22.3 Å². The van der Waals surface area contributed by atoms with Gasteiger partial charge in [-0.2, -0.15) is 8.42 Å². The first-order chi connectivity index (χ1) is 14.9. The second kappa shape index (κ2) is 7.51. The van der Waals surface area contributed by atoms with Crippen molar-refractivity contribution in [3.63, 3.8) is 0 Å². The van der Waals surface area contributed by atoms with Crippen molar-refractivity contribution in [3.8, 4) is 5.75 Å². The number of amides is 1. The molecule has 0 unspecified atom stereocenters. The molecular weight excluding hydrogens is 421 g/mol. The Kier molecular flexibility index (Phi) is 4.79. The van der Waals surface area contributed by atoms with Crippen LogP contribution in [0.1, 0.15) is 17.0 Å². The third-order valence-electron chi connectivity index (χ3n) is 5.60. The van der Waals surface area contributed by atoms with Gasteiger partial charge in [0, 0.05) is 24.4 Å². The molecule has 0 radical (unpaired) electrons. The van der Waals surface area contributed by atoms with Crippen molar-refractivity contribution in [1.29, 1.82) is 0 Å². The summed E-state index contributed by atoms with van der Waals surface area (Å²) >= 11 is 0. The molecule has 0 saturated carbocycles. The monoisotopic (exact) mass is 441 g/mol. The number of hydrogen-bond acceptors (Lipinski definition) is 5. The normalized spacial score (nSPS) is 18.1. The highest BCUT2D eigenvalue weighted by molar-refractivity contribution is 7.92. The second-order valence-electron chi connectivity index (χ2n) is 7.68. The first-order valence-electron chi connectivity index (χ1n) is 9.89. The van der Waals surface area contributed by atoms with Gasteiger partial charge in [-0.3, -0.25) is 4.79 Å². The predicted molar refractivity (Wildman–Crippen MR) is 115 cm³/mol. The maximum atomic E-state index is 15.8. The molecule has 3 aromatic carbocycles. The van der Waals surface area contributed by atoms with Crippen LogP contribution in [0.2, 0.25) is 0 Å². The average Bonchev–Trinajstić information content (AvgIpc) is 2.98. The number of carbonyl (C=O) groups excluding carboxylic acids is 1. The molecule has 2 heterocycles. The number of nitrogens with zero attached hydrogens (tertiary/aromatic N) is 1. The number of carbonyl (C=O) groups is 1. The molecule has 31 heavy (non-hydrogen) atoms. The summed E-state index contributed by atoms with van der Waals surface area (Å²) in [6, 6.07) is 16.4. The van der Waals surface area contributed by atoms with E-state index >= 15 is 4.39 Å². The van der Waals surface area contributed by atoms with Gasteiger partial charge in [-0.25, -0.2) is 13.4 Å². The lowest BCUT2D eigenvalue weighted by Gasteiger charge is -2.28. The summed E-state index contributed by atoms with van der Waals surface area (Å²) in [6.07, 6.45) is 0. The van der Waals surface area contributed by atoms with E-state index in [4.69, 9.17) is 4.74 Å². The van der Waals surface area contributed by atoms with Crippen LogP contribution in [0.15, 0.2) is 54.6 Å².